The summed E-state index contributed by atoms with van der Waals surface area (Å²) in [5.74, 6) is 0.903. The van der Waals surface area contributed by atoms with E-state index in [1.165, 1.54) is 11.1 Å². The highest BCUT2D eigenvalue weighted by atomic mass is 35.5. The summed E-state index contributed by atoms with van der Waals surface area (Å²) in [6, 6.07) is 11.7. The highest BCUT2D eigenvalue weighted by molar-refractivity contribution is 7.95. The van der Waals surface area contributed by atoms with Crippen LogP contribution in [0.2, 0.25) is 5.02 Å². The van der Waals surface area contributed by atoms with Crippen molar-refractivity contribution >= 4 is 41.2 Å². The third-order valence-corrected chi connectivity index (χ3v) is 11.5. The zero-order valence-corrected chi connectivity index (χ0v) is 33.4. The predicted molar refractivity (Wildman–Crippen MR) is 211 cm³/mol. The van der Waals surface area contributed by atoms with Gasteiger partial charge in [-0.15, -0.1) is 0 Å². The summed E-state index contributed by atoms with van der Waals surface area (Å²) in [6.07, 6.45) is 6.76. The van der Waals surface area contributed by atoms with E-state index in [9.17, 15) is 19.1 Å². The molecule has 0 radical (unpaired) electrons. The van der Waals surface area contributed by atoms with E-state index in [2.05, 4.69) is 45.7 Å². The maximum atomic E-state index is 13.5. The Labute approximate surface area is 324 Å². The van der Waals surface area contributed by atoms with Crippen LogP contribution in [0, 0.1) is 11.8 Å². The van der Waals surface area contributed by atoms with Crippen LogP contribution < -0.4 is 14.4 Å². The molecule has 53 heavy (non-hydrogen) atoms. The number of aliphatic hydroxyl groups excluding tert-OH is 1. The van der Waals surface area contributed by atoms with E-state index in [0.717, 1.165) is 67.2 Å². The lowest BCUT2D eigenvalue weighted by Gasteiger charge is -2.44. The van der Waals surface area contributed by atoms with Crippen LogP contribution in [0.15, 0.2) is 48.6 Å². The molecule has 2 heterocycles. The first-order chi connectivity index (χ1) is 25.4. The lowest BCUT2D eigenvalue weighted by molar-refractivity contribution is -0.128. The molecule has 2 aromatic rings. The maximum absolute atomic E-state index is 13.5. The minimum atomic E-state index is -1.35. The molecule has 10 nitrogen and oxygen atoms in total. The van der Waals surface area contributed by atoms with Gasteiger partial charge in [0, 0.05) is 76.3 Å². The number of amides is 2. The highest BCUT2D eigenvalue weighted by Gasteiger charge is 2.39. The molecule has 1 aliphatic carbocycles. The molecule has 2 aliphatic heterocycles. The molecule has 292 valence electrons. The summed E-state index contributed by atoms with van der Waals surface area (Å²) in [6.45, 7) is 8.44. The molecule has 0 spiro atoms. The largest absolute Gasteiger partial charge is 0.491 e. The van der Waals surface area contributed by atoms with Crippen LogP contribution in [0.5, 0.6) is 5.75 Å². The first-order valence-corrected chi connectivity index (χ1v) is 20.1. The van der Waals surface area contributed by atoms with Gasteiger partial charge in [-0.1, -0.05) is 49.2 Å². The number of carbonyl (C=O) groups is 2. The van der Waals surface area contributed by atoms with Crippen LogP contribution >= 0.6 is 23.7 Å². The van der Waals surface area contributed by atoms with Gasteiger partial charge in [0.05, 0.1) is 25.0 Å². The Hall–Kier alpha value is -2.87. The average molecular weight is 774 g/mol. The van der Waals surface area contributed by atoms with E-state index < -0.39 is 18.2 Å². The molecule has 5 unspecified atom stereocenters. The number of rotatable bonds is 18. The molecule has 1 saturated carbocycles. The predicted octanol–water partition coefficient (Wildman–Crippen LogP) is 6.04. The van der Waals surface area contributed by atoms with Crippen molar-refractivity contribution in [3.63, 3.8) is 0 Å². The van der Waals surface area contributed by atoms with E-state index in [0.29, 0.717) is 57.4 Å². The van der Waals surface area contributed by atoms with Gasteiger partial charge in [-0.25, -0.2) is 8.70 Å². The number of hydrogen-bond donors (Lipinski definition) is 2. The van der Waals surface area contributed by atoms with Crippen molar-refractivity contribution in [2.45, 2.75) is 70.2 Å². The van der Waals surface area contributed by atoms with Crippen LogP contribution in [0.25, 0.3) is 0 Å². The van der Waals surface area contributed by atoms with E-state index in [1.807, 2.05) is 39.3 Å². The topological polar surface area (TPSA) is 97.8 Å². The van der Waals surface area contributed by atoms with Gasteiger partial charge in [-0.2, -0.15) is 0 Å². The standard InChI is InChI=1S/C40H57ClFN5O5S/c1-6-9-28-20-32(41)13-15-34(28)31-23-47(36-21-29(12-16-38(36)52-26-31)39(49)40(50)43-53-44(3)4)22-30-11-14-35(30)37(10-7-8-17-45(5)27(2)48)51-19-18-46-24-33(42)25-46/h7,10,12-13,15-16,20-21,30-31,33,35,37,39,49H,6,8-9,11,14,17-19,22-26H2,1-5H3,(H,43,50)/b10-7+. The third-order valence-electron chi connectivity index (χ3n) is 10.6. The summed E-state index contributed by atoms with van der Waals surface area (Å²) in [4.78, 5) is 30.8. The third kappa shape index (κ3) is 11.3. The van der Waals surface area contributed by atoms with Crippen LogP contribution in [0.3, 0.4) is 0 Å². The van der Waals surface area contributed by atoms with Crippen LogP contribution in [0.4, 0.5) is 10.1 Å². The lowest BCUT2D eigenvalue weighted by Crippen LogP contribution is -2.50. The molecule has 0 aromatic heterocycles. The summed E-state index contributed by atoms with van der Waals surface area (Å²) in [5, 5.41) is 11.8. The quantitative estimate of drug-likeness (QED) is 0.139. The Balaban J connectivity index is 1.40. The minimum absolute atomic E-state index is 0.0372. The number of fused-ring (bicyclic) bond motifs is 1. The van der Waals surface area contributed by atoms with Crippen molar-refractivity contribution in [3.05, 3.63) is 70.3 Å². The molecule has 5 rings (SSSR count). The smallest absolute Gasteiger partial charge is 0.264 e. The number of ether oxygens (including phenoxy) is 2. The van der Waals surface area contributed by atoms with Gasteiger partial charge in [-0.05, 0) is 92.6 Å². The monoisotopic (exact) mass is 773 g/mol. The number of likely N-dealkylation sites (tertiary alicyclic amines) is 1. The second-order valence-corrected chi connectivity index (χ2v) is 16.4. The van der Waals surface area contributed by atoms with E-state index >= 15 is 0 Å². The summed E-state index contributed by atoms with van der Waals surface area (Å²) < 4.78 is 31.0. The number of halogens is 2. The molecule has 3 aliphatic rings. The number of alkyl halides is 1. The van der Waals surface area contributed by atoms with Crippen molar-refractivity contribution in [3.8, 4) is 5.75 Å². The number of aryl methyl sites for hydroxylation is 1. The van der Waals surface area contributed by atoms with E-state index in [-0.39, 0.29) is 23.8 Å². The summed E-state index contributed by atoms with van der Waals surface area (Å²) in [5.41, 5.74) is 3.80. The van der Waals surface area contributed by atoms with Crippen LogP contribution in [-0.4, -0.2) is 117 Å². The number of anilines is 1. The molecule has 2 N–H and O–H groups in total. The first-order valence-electron chi connectivity index (χ1n) is 18.9. The molecule has 2 aromatic carbocycles. The normalized spacial score (nSPS) is 21.7. The number of aliphatic hydroxyl groups is 1. The van der Waals surface area contributed by atoms with Crippen molar-refractivity contribution in [2.75, 3.05) is 78.5 Å². The fourth-order valence-corrected chi connectivity index (χ4v) is 7.95. The van der Waals surface area contributed by atoms with Gasteiger partial charge in [0.1, 0.15) is 11.9 Å². The number of carbonyl (C=O) groups excluding carboxylic acids is 2. The Morgan fingerprint density at radius 3 is 2.64 bits per heavy atom. The van der Waals surface area contributed by atoms with Gasteiger partial charge in [-0.3, -0.25) is 19.2 Å². The van der Waals surface area contributed by atoms with Crippen molar-refractivity contribution < 1.29 is 28.6 Å². The molecular weight excluding hydrogens is 717 g/mol. The SMILES string of the molecule is CCCc1cc(Cl)ccc1C1COc2ccc(C(O)C(=O)NSN(C)C)cc2N(CC2CCC2C(/C=C/CCN(C)C(C)=O)OCCN2CC(F)C2)C1. The molecule has 0 bridgehead atoms. The number of nitrogens with zero attached hydrogens (tertiary/aromatic N) is 4. The fourth-order valence-electron chi connectivity index (χ4n) is 7.37. The zero-order valence-electron chi connectivity index (χ0n) is 31.8. The summed E-state index contributed by atoms with van der Waals surface area (Å²) in [7, 11) is 5.44. The maximum Gasteiger partial charge on any atom is 0.264 e. The van der Waals surface area contributed by atoms with Gasteiger partial charge >= 0.3 is 0 Å². The van der Waals surface area contributed by atoms with Crippen molar-refractivity contribution in [1.82, 2.24) is 18.8 Å². The molecular formula is C40H57ClFN5O5S. The molecule has 13 heteroatoms. The first kappa shape index (κ1) is 41.3. The second kappa shape index (κ2) is 19.6. The van der Waals surface area contributed by atoms with Crippen LogP contribution in [0.1, 0.15) is 68.2 Å². The lowest BCUT2D eigenvalue weighted by atomic mass is 9.70. The Bertz CT molecular complexity index is 1560. The van der Waals surface area contributed by atoms with Crippen molar-refractivity contribution in [2.24, 2.45) is 11.8 Å². The van der Waals surface area contributed by atoms with Gasteiger partial charge in [0.25, 0.3) is 5.91 Å². The Kier molecular flexibility index (Phi) is 15.3. The highest BCUT2D eigenvalue weighted by Crippen LogP contribution is 2.43. The fraction of sp³-hybridized carbons (Fsp3) is 0.600. The summed E-state index contributed by atoms with van der Waals surface area (Å²) >= 11 is 7.59. The van der Waals surface area contributed by atoms with Crippen LogP contribution in [-0.2, 0) is 20.7 Å². The van der Waals surface area contributed by atoms with Gasteiger partial charge in [0.2, 0.25) is 5.91 Å². The average Bonchev–Trinajstić information content (AvgIpc) is 3.28. The zero-order chi connectivity index (χ0) is 38.1. The molecule has 1 saturated heterocycles. The molecule has 2 amide bonds. The molecule has 2 fully saturated rings. The van der Waals surface area contributed by atoms with E-state index in [1.54, 1.807) is 22.2 Å². The Morgan fingerprint density at radius 2 is 1.96 bits per heavy atom. The molecule has 5 atom stereocenters. The van der Waals surface area contributed by atoms with Gasteiger partial charge in [0.15, 0.2) is 6.10 Å². The van der Waals surface area contributed by atoms with Gasteiger partial charge < -0.3 is 24.4 Å². The Morgan fingerprint density at radius 1 is 1.17 bits per heavy atom. The van der Waals surface area contributed by atoms with E-state index in [4.69, 9.17) is 21.1 Å². The van der Waals surface area contributed by atoms with Crippen molar-refractivity contribution in [1.29, 1.82) is 0 Å². The minimum Gasteiger partial charge on any atom is -0.491 e. The second-order valence-electron chi connectivity index (χ2n) is 14.9. The number of hydrogen-bond acceptors (Lipinski definition) is 9. The number of nitrogens with one attached hydrogen (secondary N) is 1. The number of benzene rings is 2.